The summed E-state index contributed by atoms with van der Waals surface area (Å²) >= 11 is 0. The van der Waals surface area contributed by atoms with Gasteiger partial charge in [0.1, 0.15) is 11.5 Å². The second-order valence-electron chi connectivity index (χ2n) is 7.11. The number of ether oxygens (including phenoxy) is 1. The summed E-state index contributed by atoms with van der Waals surface area (Å²) in [7, 11) is 1.76. The van der Waals surface area contributed by atoms with E-state index in [1.807, 2.05) is 24.0 Å². The lowest BCUT2D eigenvalue weighted by molar-refractivity contribution is -0.0159. The van der Waals surface area contributed by atoms with E-state index in [4.69, 9.17) is 9.15 Å². The molecule has 7 nitrogen and oxygen atoms in total. The van der Waals surface area contributed by atoms with Crippen molar-refractivity contribution in [2.45, 2.75) is 32.0 Å². The van der Waals surface area contributed by atoms with Crippen LogP contribution in [0.5, 0.6) is 0 Å². The van der Waals surface area contributed by atoms with Gasteiger partial charge in [-0.25, -0.2) is 4.98 Å². The molecule has 0 aliphatic carbocycles. The summed E-state index contributed by atoms with van der Waals surface area (Å²) in [4.78, 5) is 25.8. The minimum absolute atomic E-state index is 0.0399. The van der Waals surface area contributed by atoms with Crippen LogP contribution < -0.4 is 0 Å². The Labute approximate surface area is 153 Å². The van der Waals surface area contributed by atoms with Crippen molar-refractivity contribution < 1.29 is 13.9 Å². The van der Waals surface area contributed by atoms with Gasteiger partial charge in [-0.15, -0.1) is 0 Å². The number of likely N-dealkylation sites (tertiary alicyclic amines) is 2. The van der Waals surface area contributed by atoms with Gasteiger partial charge in [-0.2, -0.15) is 0 Å². The highest BCUT2D eigenvalue weighted by molar-refractivity contribution is 5.92. The van der Waals surface area contributed by atoms with Gasteiger partial charge in [0.2, 0.25) is 0 Å². The SMILES string of the molecule is CO[C@@H]1CCN(C(=O)c2cnc(C)cn2)[C@H]2CN(Cc3ccco3)C[C@@H]12. The molecular formula is C19H24N4O3. The molecule has 0 aromatic carbocycles. The largest absolute Gasteiger partial charge is 0.468 e. The zero-order valence-corrected chi connectivity index (χ0v) is 15.2. The molecule has 0 bridgehead atoms. The molecule has 0 spiro atoms. The third-order valence-corrected chi connectivity index (χ3v) is 5.46. The fourth-order valence-corrected chi connectivity index (χ4v) is 4.18. The van der Waals surface area contributed by atoms with Gasteiger partial charge in [0.15, 0.2) is 0 Å². The van der Waals surface area contributed by atoms with Crippen LogP contribution in [0.15, 0.2) is 35.2 Å². The summed E-state index contributed by atoms with van der Waals surface area (Å²) in [5.74, 6) is 1.20. The summed E-state index contributed by atoms with van der Waals surface area (Å²) in [6.07, 6.45) is 5.93. The Bertz CT molecular complexity index is 747. The molecule has 4 heterocycles. The minimum atomic E-state index is -0.0399. The molecular weight excluding hydrogens is 332 g/mol. The number of nitrogens with zero attached hydrogens (tertiary/aromatic N) is 4. The van der Waals surface area contributed by atoms with E-state index in [9.17, 15) is 4.79 Å². The number of aryl methyl sites for hydroxylation is 1. The first-order valence-electron chi connectivity index (χ1n) is 9.03. The number of methoxy groups -OCH3 is 1. The minimum Gasteiger partial charge on any atom is -0.468 e. The zero-order valence-electron chi connectivity index (χ0n) is 15.2. The molecule has 2 aliphatic rings. The molecule has 2 aromatic rings. The number of carbonyl (C=O) groups excluding carboxylic acids is 1. The summed E-state index contributed by atoms with van der Waals surface area (Å²) in [6, 6.07) is 4.02. The summed E-state index contributed by atoms with van der Waals surface area (Å²) in [6.45, 7) is 5.01. The molecule has 2 saturated heterocycles. The summed E-state index contributed by atoms with van der Waals surface area (Å²) in [5, 5.41) is 0. The monoisotopic (exact) mass is 356 g/mol. The third-order valence-electron chi connectivity index (χ3n) is 5.46. The Morgan fingerprint density at radius 3 is 2.92 bits per heavy atom. The first kappa shape index (κ1) is 17.2. The van der Waals surface area contributed by atoms with Crippen LogP contribution in [0.1, 0.15) is 28.4 Å². The molecule has 2 aromatic heterocycles. The van der Waals surface area contributed by atoms with Crippen LogP contribution in [0.3, 0.4) is 0 Å². The number of hydrogen-bond donors (Lipinski definition) is 0. The Morgan fingerprint density at radius 2 is 2.23 bits per heavy atom. The van der Waals surface area contributed by atoms with Gasteiger partial charge in [-0.05, 0) is 25.5 Å². The predicted octanol–water partition coefficient (Wildman–Crippen LogP) is 1.74. The maximum atomic E-state index is 13.0. The average molecular weight is 356 g/mol. The van der Waals surface area contributed by atoms with Crippen LogP contribution >= 0.6 is 0 Å². The van der Waals surface area contributed by atoms with Crippen molar-refractivity contribution in [1.82, 2.24) is 19.8 Å². The second kappa shape index (κ2) is 7.17. The van der Waals surface area contributed by atoms with Crippen molar-refractivity contribution in [3.8, 4) is 0 Å². The van der Waals surface area contributed by atoms with Crippen molar-refractivity contribution >= 4 is 5.91 Å². The summed E-state index contributed by atoms with van der Waals surface area (Å²) < 4.78 is 11.2. The highest BCUT2D eigenvalue weighted by Gasteiger charge is 2.46. The van der Waals surface area contributed by atoms with Crippen LogP contribution in [0.4, 0.5) is 0 Å². The molecule has 2 fully saturated rings. The second-order valence-corrected chi connectivity index (χ2v) is 7.11. The molecule has 4 rings (SSSR count). The molecule has 138 valence electrons. The lowest BCUT2D eigenvalue weighted by atomic mass is 9.89. The van der Waals surface area contributed by atoms with Crippen molar-refractivity contribution in [3.05, 3.63) is 47.9 Å². The van der Waals surface area contributed by atoms with Gasteiger partial charge in [0, 0.05) is 38.9 Å². The molecule has 26 heavy (non-hydrogen) atoms. The van der Waals surface area contributed by atoms with Crippen molar-refractivity contribution in [2.24, 2.45) is 5.92 Å². The van der Waals surface area contributed by atoms with Crippen molar-refractivity contribution in [2.75, 3.05) is 26.7 Å². The number of amides is 1. The molecule has 2 aliphatic heterocycles. The Balaban J connectivity index is 1.53. The van der Waals surface area contributed by atoms with Crippen LogP contribution in [-0.4, -0.2) is 64.6 Å². The van der Waals surface area contributed by atoms with Crippen LogP contribution in [-0.2, 0) is 11.3 Å². The molecule has 3 atom stereocenters. The molecule has 0 N–H and O–H groups in total. The lowest BCUT2D eigenvalue weighted by Crippen LogP contribution is -2.53. The normalized spacial score (nSPS) is 26.1. The third kappa shape index (κ3) is 3.24. The van der Waals surface area contributed by atoms with Gasteiger partial charge < -0.3 is 14.1 Å². The number of piperidine rings is 1. The highest BCUT2D eigenvalue weighted by atomic mass is 16.5. The molecule has 1 amide bonds. The van der Waals surface area contributed by atoms with Crippen molar-refractivity contribution in [1.29, 1.82) is 0 Å². The molecule has 0 unspecified atom stereocenters. The van der Waals surface area contributed by atoms with E-state index in [1.165, 1.54) is 0 Å². The fraction of sp³-hybridized carbons (Fsp3) is 0.526. The quantitative estimate of drug-likeness (QED) is 0.831. The first-order chi connectivity index (χ1) is 12.7. The van der Waals surface area contributed by atoms with Crippen molar-refractivity contribution in [3.63, 3.8) is 0 Å². The fourth-order valence-electron chi connectivity index (χ4n) is 4.18. The average Bonchev–Trinajstić information content (AvgIpc) is 3.30. The van der Waals surface area contributed by atoms with Gasteiger partial charge in [0.25, 0.3) is 5.91 Å². The van der Waals surface area contributed by atoms with Gasteiger partial charge in [-0.1, -0.05) is 0 Å². The number of fused-ring (bicyclic) bond motifs is 1. The topological polar surface area (TPSA) is 71.7 Å². The predicted molar refractivity (Wildman–Crippen MR) is 94.5 cm³/mol. The van der Waals surface area contributed by atoms with E-state index < -0.39 is 0 Å². The number of furan rings is 1. The molecule has 0 radical (unpaired) electrons. The highest BCUT2D eigenvalue weighted by Crippen LogP contribution is 2.34. The zero-order chi connectivity index (χ0) is 18.1. The molecule has 0 saturated carbocycles. The van der Waals surface area contributed by atoms with Gasteiger partial charge in [-0.3, -0.25) is 14.7 Å². The Kier molecular flexibility index (Phi) is 4.74. The van der Waals surface area contributed by atoms with E-state index in [1.54, 1.807) is 25.8 Å². The van der Waals surface area contributed by atoms with E-state index in [0.717, 1.165) is 37.5 Å². The summed E-state index contributed by atoms with van der Waals surface area (Å²) in [5.41, 5.74) is 1.22. The Morgan fingerprint density at radius 1 is 1.35 bits per heavy atom. The van der Waals surface area contributed by atoms with E-state index in [2.05, 4.69) is 14.9 Å². The van der Waals surface area contributed by atoms with Crippen LogP contribution in [0, 0.1) is 12.8 Å². The smallest absolute Gasteiger partial charge is 0.274 e. The van der Waals surface area contributed by atoms with Gasteiger partial charge >= 0.3 is 0 Å². The number of hydrogen-bond acceptors (Lipinski definition) is 6. The number of rotatable bonds is 4. The maximum Gasteiger partial charge on any atom is 0.274 e. The number of aromatic nitrogens is 2. The molecule has 7 heteroatoms. The van der Waals surface area contributed by atoms with Crippen LogP contribution in [0.25, 0.3) is 0 Å². The van der Waals surface area contributed by atoms with E-state index >= 15 is 0 Å². The Hall–Kier alpha value is -2.25. The first-order valence-corrected chi connectivity index (χ1v) is 9.03. The lowest BCUT2D eigenvalue weighted by Gasteiger charge is -2.40. The number of carbonyl (C=O) groups is 1. The standard InChI is InChI=1S/C19H24N4O3/c1-13-8-21-16(9-20-13)19(24)23-6-5-18(25-2)15-11-22(12-17(15)23)10-14-4-3-7-26-14/h3-4,7-9,15,17-18H,5-6,10-12H2,1-2H3/t15-,17+,18-/m1/s1. The maximum absolute atomic E-state index is 13.0. The van der Waals surface area contributed by atoms with Crippen LogP contribution in [0.2, 0.25) is 0 Å². The van der Waals surface area contributed by atoms with E-state index in [0.29, 0.717) is 18.2 Å². The van der Waals surface area contributed by atoms with Gasteiger partial charge in [0.05, 0.1) is 36.8 Å². The van der Waals surface area contributed by atoms with E-state index in [-0.39, 0.29) is 18.1 Å².